The summed E-state index contributed by atoms with van der Waals surface area (Å²) in [5.41, 5.74) is 1.79. The molecule has 96 valence electrons. The predicted molar refractivity (Wildman–Crippen MR) is 73.0 cm³/mol. The van der Waals surface area contributed by atoms with Gasteiger partial charge in [0.1, 0.15) is 22.9 Å². The predicted octanol–water partition coefficient (Wildman–Crippen LogP) is 4.03. The van der Waals surface area contributed by atoms with Gasteiger partial charge in [0.2, 0.25) is 0 Å². The fourth-order valence-electron chi connectivity index (χ4n) is 1.94. The molecule has 1 N–H and O–H groups in total. The van der Waals surface area contributed by atoms with Gasteiger partial charge in [-0.3, -0.25) is 0 Å². The first-order chi connectivity index (χ1) is 9.19. The fourth-order valence-corrected chi connectivity index (χ4v) is 2.16. The number of para-hydroxylation sites is 1. The van der Waals surface area contributed by atoms with Gasteiger partial charge in [0, 0.05) is 6.07 Å². The van der Waals surface area contributed by atoms with Crippen LogP contribution in [0.25, 0.3) is 22.4 Å². The summed E-state index contributed by atoms with van der Waals surface area (Å²) < 4.78 is 19.0. The zero-order chi connectivity index (χ0) is 13.4. The number of hydrogen-bond donors (Lipinski definition) is 1. The van der Waals surface area contributed by atoms with E-state index in [0.717, 1.165) is 5.52 Å². The number of rotatable bonds is 2. The summed E-state index contributed by atoms with van der Waals surface area (Å²) in [6, 6.07) is 10.0. The third-order valence-electron chi connectivity index (χ3n) is 2.89. The van der Waals surface area contributed by atoms with Gasteiger partial charge in [0.15, 0.2) is 0 Å². The highest BCUT2D eigenvalue weighted by atomic mass is 35.5. The Hall–Kier alpha value is -2.07. The van der Waals surface area contributed by atoms with E-state index in [1.54, 1.807) is 18.2 Å². The number of aromatic nitrogens is 2. The molecular formula is C14H10ClFN2O. The molecule has 0 saturated carbocycles. The molecule has 1 aromatic heterocycles. The second-order valence-electron chi connectivity index (χ2n) is 4.07. The Morgan fingerprint density at radius 2 is 2.11 bits per heavy atom. The molecule has 0 aliphatic carbocycles. The van der Waals surface area contributed by atoms with Crippen LogP contribution < -0.4 is 4.74 Å². The number of nitrogens with zero attached hydrogens (tertiary/aromatic N) is 1. The minimum atomic E-state index is -0.394. The van der Waals surface area contributed by atoms with Crippen LogP contribution in [0, 0.1) is 5.82 Å². The summed E-state index contributed by atoms with van der Waals surface area (Å²) in [4.78, 5) is 7.39. The summed E-state index contributed by atoms with van der Waals surface area (Å²) in [5, 5.41) is 0.536. The van der Waals surface area contributed by atoms with Crippen molar-refractivity contribution in [3.63, 3.8) is 0 Å². The molecular weight excluding hydrogens is 267 g/mol. The largest absolute Gasteiger partial charge is 0.497 e. The van der Waals surface area contributed by atoms with Crippen LogP contribution in [0.4, 0.5) is 4.39 Å². The number of hydrogen-bond acceptors (Lipinski definition) is 2. The lowest BCUT2D eigenvalue weighted by atomic mass is 10.2. The van der Waals surface area contributed by atoms with Crippen LogP contribution in [-0.4, -0.2) is 17.1 Å². The Kier molecular flexibility index (Phi) is 2.87. The molecule has 1 heterocycles. The zero-order valence-corrected chi connectivity index (χ0v) is 10.8. The van der Waals surface area contributed by atoms with Gasteiger partial charge in [-0.15, -0.1) is 0 Å². The molecule has 0 radical (unpaired) electrons. The minimum Gasteiger partial charge on any atom is -0.497 e. The maximum atomic E-state index is 14.0. The van der Waals surface area contributed by atoms with Gasteiger partial charge in [0.25, 0.3) is 0 Å². The Bertz CT molecular complexity index is 754. The molecule has 0 fully saturated rings. The van der Waals surface area contributed by atoms with Gasteiger partial charge >= 0.3 is 0 Å². The van der Waals surface area contributed by atoms with Gasteiger partial charge in [-0.05, 0) is 24.3 Å². The van der Waals surface area contributed by atoms with Crippen molar-refractivity contribution in [1.82, 2.24) is 9.97 Å². The van der Waals surface area contributed by atoms with E-state index in [1.165, 1.54) is 13.2 Å². The van der Waals surface area contributed by atoms with E-state index in [2.05, 4.69) is 9.97 Å². The van der Waals surface area contributed by atoms with E-state index >= 15 is 0 Å². The van der Waals surface area contributed by atoms with Crippen LogP contribution >= 0.6 is 11.6 Å². The molecule has 0 spiro atoms. The lowest BCUT2D eigenvalue weighted by Crippen LogP contribution is -1.89. The highest BCUT2D eigenvalue weighted by molar-refractivity contribution is 6.34. The van der Waals surface area contributed by atoms with Gasteiger partial charge < -0.3 is 9.72 Å². The molecule has 3 rings (SSSR count). The van der Waals surface area contributed by atoms with Crippen molar-refractivity contribution in [2.45, 2.75) is 0 Å². The highest BCUT2D eigenvalue weighted by Crippen LogP contribution is 2.28. The molecule has 2 aromatic carbocycles. The summed E-state index contributed by atoms with van der Waals surface area (Å²) in [6.07, 6.45) is 0. The van der Waals surface area contributed by atoms with E-state index in [4.69, 9.17) is 16.3 Å². The number of nitrogens with one attached hydrogen (secondary N) is 1. The van der Waals surface area contributed by atoms with E-state index in [0.29, 0.717) is 27.7 Å². The second kappa shape index (κ2) is 4.55. The smallest absolute Gasteiger partial charge is 0.141 e. The Morgan fingerprint density at radius 3 is 2.79 bits per heavy atom. The van der Waals surface area contributed by atoms with Gasteiger partial charge in [-0.2, -0.15) is 0 Å². The SMILES string of the molecule is COc1ccc(-c2nc3c(Cl)cccc3[nH]2)c(F)c1. The fraction of sp³-hybridized carbons (Fsp3) is 0.0714. The van der Waals surface area contributed by atoms with E-state index in [-0.39, 0.29) is 0 Å². The highest BCUT2D eigenvalue weighted by Gasteiger charge is 2.12. The summed E-state index contributed by atoms with van der Waals surface area (Å²) in [6.45, 7) is 0. The molecule has 19 heavy (non-hydrogen) atoms. The van der Waals surface area contributed by atoms with Gasteiger partial charge in [0.05, 0.1) is 23.2 Å². The quantitative estimate of drug-likeness (QED) is 0.767. The Labute approximate surface area is 114 Å². The standard InChI is InChI=1S/C14H10ClFN2O/c1-19-8-5-6-9(11(16)7-8)14-17-12-4-2-3-10(15)13(12)18-14/h2-7H,1H3,(H,17,18). The molecule has 3 nitrogen and oxygen atoms in total. The first kappa shape index (κ1) is 12.0. The van der Waals surface area contributed by atoms with Crippen LogP contribution in [0.2, 0.25) is 5.02 Å². The summed E-state index contributed by atoms with van der Waals surface area (Å²) in [7, 11) is 1.50. The molecule has 3 aromatic rings. The molecule has 0 aliphatic rings. The number of fused-ring (bicyclic) bond motifs is 1. The van der Waals surface area contributed by atoms with E-state index in [1.807, 2.05) is 12.1 Å². The zero-order valence-electron chi connectivity index (χ0n) is 10.1. The molecule has 0 amide bonds. The number of aromatic amines is 1. The van der Waals surface area contributed by atoms with Crippen molar-refractivity contribution in [1.29, 1.82) is 0 Å². The summed E-state index contributed by atoms with van der Waals surface area (Å²) >= 11 is 6.05. The third-order valence-corrected chi connectivity index (χ3v) is 3.20. The number of imidazole rings is 1. The number of ether oxygens (including phenoxy) is 1. The van der Waals surface area contributed by atoms with Gasteiger partial charge in [-0.25, -0.2) is 9.37 Å². The molecule has 0 unspecified atom stereocenters. The lowest BCUT2D eigenvalue weighted by molar-refractivity contribution is 0.411. The van der Waals surface area contributed by atoms with Gasteiger partial charge in [-0.1, -0.05) is 17.7 Å². The average Bonchev–Trinajstić information content (AvgIpc) is 2.83. The first-order valence-corrected chi connectivity index (χ1v) is 6.05. The minimum absolute atomic E-state index is 0.382. The van der Waals surface area contributed by atoms with Crippen LogP contribution in [0.3, 0.4) is 0 Å². The maximum Gasteiger partial charge on any atom is 0.141 e. The normalized spacial score (nSPS) is 10.9. The number of methoxy groups -OCH3 is 1. The molecule has 0 atom stereocenters. The van der Waals surface area contributed by atoms with Crippen LogP contribution in [0.1, 0.15) is 0 Å². The van der Waals surface area contributed by atoms with Crippen molar-refractivity contribution in [2.24, 2.45) is 0 Å². The molecule has 5 heteroatoms. The van der Waals surface area contributed by atoms with Crippen LogP contribution in [0.15, 0.2) is 36.4 Å². The van der Waals surface area contributed by atoms with Crippen molar-refractivity contribution in [2.75, 3.05) is 7.11 Å². The topological polar surface area (TPSA) is 37.9 Å². The second-order valence-corrected chi connectivity index (χ2v) is 4.47. The van der Waals surface area contributed by atoms with E-state index < -0.39 is 5.82 Å². The lowest BCUT2D eigenvalue weighted by Gasteiger charge is -2.02. The van der Waals surface area contributed by atoms with Crippen LogP contribution in [0.5, 0.6) is 5.75 Å². The molecule has 0 bridgehead atoms. The summed E-state index contributed by atoms with van der Waals surface area (Å²) in [5.74, 6) is 0.521. The first-order valence-electron chi connectivity index (χ1n) is 5.67. The molecule has 0 aliphatic heterocycles. The van der Waals surface area contributed by atoms with Crippen molar-refractivity contribution < 1.29 is 9.13 Å². The monoisotopic (exact) mass is 276 g/mol. The third kappa shape index (κ3) is 2.04. The van der Waals surface area contributed by atoms with Crippen molar-refractivity contribution >= 4 is 22.6 Å². The number of H-pyrrole nitrogens is 1. The Morgan fingerprint density at radius 1 is 1.26 bits per heavy atom. The van der Waals surface area contributed by atoms with Crippen LogP contribution in [-0.2, 0) is 0 Å². The number of halogens is 2. The van der Waals surface area contributed by atoms with E-state index in [9.17, 15) is 4.39 Å². The van der Waals surface area contributed by atoms with Crippen molar-refractivity contribution in [3.05, 3.63) is 47.2 Å². The van der Waals surface area contributed by atoms with Crippen molar-refractivity contribution in [3.8, 4) is 17.1 Å². The average molecular weight is 277 g/mol. The number of benzene rings is 2. The molecule has 0 saturated heterocycles. The Balaban J connectivity index is 2.16. The maximum absolute atomic E-state index is 14.0.